The molecule has 0 bridgehead atoms. The average Bonchev–Trinajstić information content (AvgIpc) is 2.52. The third-order valence-corrected chi connectivity index (χ3v) is 3.86. The van der Waals surface area contributed by atoms with Crippen molar-refractivity contribution in [2.45, 2.75) is 12.7 Å². The molecule has 112 valence electrons. The molecular formula is C15H18BrN3O2. The number of aromatic nitrogens is 2. The van der Waals surface area contributed by atoms with Crippen LogP contribution >= 0.6 is 15.9 Å². The second-order valence-electron chi connectivity index (χ2n) is 4.40. The molecule has 1 aromatic carbocycles. The Morgan fingerprint density at radius 1 is 1.19 bits per heavy atom. The number of nitrogens with zero attached hydrogens (tertiary/aromatic N) is 2. The molecule has 1 N–H and O–H groups in total. The number of hydrogen-bond donors (Lipinski definition) is 1. The Morgan fingerprint density at radius 3 is 2.48 bits per heavy atom. The van der Waals surface area contributed by atoms with Crippen molar-refractivity contribution in [2.75, 3.05) is 26.6 Å². The van der Waals surface area contributed by atoms with Gasteiger partial charge in [0, 0.05) is 21.3 Å². The predicted octanol–water partition coefficient (Wildman–Crippen LogP) is 3.16. The minimum Gasteiger partial charge on any atom is -0.378 e. The molecule has 0 aliphatic heterocycles. The van der Waals surface area contributed by atoms with E-state index in [9.17, 15) is 0 Å². The van der Waals surface area contributed by atoms with Gasteiger partial charge in [-0.2, -0.15) is 0 Å². The lowest BCUT2D eigenvalue weighted by Gasteiger charge is -2.17. The van der Waals surface area contributed by atoms with Crippen LogP contribution in [0, 0.1) is 0 Å². The molecule has 1 atom stereocenters. The van der Waals surface area contributed by atoms with E-state index < -0.39 is 0 Å². The number of ether oxygens (including phenoxy) is 2. The van der Waals surface area contributed by atoms with Crippen LogP contribution in [0.4, 0.5) is 5.82 Å². The molecule has 6 heteroatoms. The van der Waals surface area contributed by atoms with Crippen molar-refractivity contribution >= 4 is 21.7 Å². The molecule has 0 radical (unpaired) electrons. The zero-order valence-electron chi connectivity index (χ0n) is 12.3. The maximum absolute atomic E-state index is 5.59. The van der Waals surface area contributed by atoms with Crippen LogP contribution in [-0.2, 0) is 16.1 Å². The molecule has 0 saturated heterocycles. The van der Waals surface area contributed by atoms with Crippen molar-refractivity contribution in [3.63, 3.8) is 0 Å². The molecule has 0 saturated carbocycles. The van der Waals surface area contributed by atoms with Crippen molar-refractivity contribution in [1.82, 2.24) is 9.97 Å². The summed E-state index contributed by atoms with van der Waals surface area (Å²) < 4.78 is 11.6. The summed E-state index contributed by atoms with van der Waals surface area (Å²) in [4.78, 5) is 9.10. The molecule has 21 heavy (non-hydrogen) atoms. The van der Waals surface area contributed by atoms with Gasteiger partial charge in [0.1, 0.15) is 11.9 Å². The van der Waals surface area contributed by atoms with E-state index in [2.05, 4.69) is 31.2 Å². The first-order valence-corrected chi connectivity index (χ1v) is 7.31. The van der Waals surface area contributed by atoms with Crippen LogP contribution in [0.5, 0.6) is 0 Å². The van der Waals surface area contributed by atoms with E-state index in [4.69, 9.17) is 9.47 Å². The first-order valence-electron chi connectivity index (χ1n) is 6.52. The van der Waals surface area contributed by atoms with Gasteiger partial charge in [0.15, 0.2) is 5.82 Å². The molecule has 2 rings (SSSR count). The molecule has 1 heterocycles. The fraction of sp³-hybridized carbons (Fsp3) is 0.333. The topological polar surface area (TPSA) is 56.3 Å². The smallest absolute Gasteiger partial charge is 0.164 e. The number of methoxy groups -OCH3 is 2. The van der Waals surface area contributed by atoms with Gasteiger partial charge in [0.2, 0.25) is 0 Å². The first kappa shape index (κ1) is 15.9. The minimum absolute atomic E-state index is 0.318. The van der Waals surface area contributed by atoms with Crippen molar-refractivity contribution in [3.05, 3.63) is 51.9 Å². The number of benzene rings is 1. The number of hydrogen-bond acceptors (Lipinski definition) is 5. The Hall–Kier alpha value is -1.50. The monoisotopic (exact) mass is 351 g/mol. The summed E-state index contributed by atoms with van der Waals surface area (Å²) in [6.45, 7) is 0.399. The van der Waals surface area contributed by atoms with Crippen LogP contribution < -0.4 is 5.32 Å². The maximum Gasteiger partial charge on any atom is 0.164 e. The molecule has 1 aromatic heterocycles. The standard InChI is InChI=1S/C15H18BrN3O2/c1-17-14-12(16)11(9-20-2)18-15(19-14)13(21-3)10-7-5-4-6-8-10/h4-8,13H,9H2,1-3H3,(H,17,18,19). The van der Waals surface area contributed by atoms with Gasteiger partial charge >= 0.3 is 0 Å². The molecule has 2 aromatic rings. The minimum atomic E-state index is -0.318. The lowest BCUT2D eigenvalue weighted by molar-refractivity contribution is 0.127. The van der Waals surface area contributed by atoms with Crippen molar-refractivity contribution in [2.24, 2.45) is 0 Å². The van der Waals surface area contributed by atoms with Gasteiger partial charge in [0.05, 0.1) is 16.8 Å². The van der Waals surface area contributed by atoms with Gasteiger partial charge in [0.25, 0.3) is 0 Å². The first-order chi connectivity index (χ1) is 10.2. The van der Waals surface area contributed by atoms with E-state index in [1.165, 1.54) is 0 Å². The molecule has 1 unspecified atom stereocenters. The number of anilines is 1. The van der Waals surface area contributed by atoms with E-state index in [0.29, 0.717) is 18.2 Å². The SMILES string of the molecule is CNc1nc(C(OC)c2ccccc2)nc(COC)c1Br. The molecule has 5 nitrogen and oxygen atoms in total. The fourth-order valence-electron chi connectivity index (χ4n) is 2.05. The zero-order chi connectivity index (χ0) is 15.2. The Kier molecular flexibility index (Phi) is 5.67. The Morgan fingerprint density at radius 2 is 1.90 bits per heavy atom. The summed E-state index contributed by atoms with van der Waals surface area (Å²) in [5, 5.41) is 3.06. The Balaban J connectivity index is 2.48. The summed E-state index contributed by atoms with van der Waals surface area (Å²) in [5.74, 6) is 1.31. The molecule has 0 amide bonds. The largest absolute Gasteiger partial charge is 0.378 e. The van der Waals surface area contributed by atoms with Gasteiger partial charge in [-0.1, -0.05) is 30.3 Å². The van der Waals surface area contributed by atoms with Crippen LogP contribution in [0.15, 0.2) is 34.8 Å². The lowest BCUT2D eigenvalue weighted by atomic mass is 10.1. The summed E-state index contributed by atoms with van der Waals surface area (Å²) in [6.07, 6.45) is -0.318. The van der Waals surface area contributed by atoms with Crippen LogP contribution in [-0.4, -0.2) is 31.2 Å². The summed E-state index contributed by atoms with van der Waals surface area (Å²) in [6, 6.07) is 9.89. The van der Waals surface area contributed by atoms with E-state index in [1.807, 2.05) is 37.4 Å². The highest BCUT2D eigenvalue weighted by Gasteiger charge is 2.20. The van der Waals surface area contributed by atoms with Gasteiger partial charge in [-0.15, -0.1) is 0 Å². The van der Waals surface area contributed by atoms with E-state index in [-0.39, 0.29) is 6.10 Å². The van der Waals surface area contributed by atoms with Gasteiger partial charge in [-0.3, -0.25) is 0 Å². The summed E-state index contributed by atoms with van der Waals surface area (Å²) >= 11 is 3.50. The van der Waals surface area contributed by atoms with E-state index in [0.717, 1.165) is 15.7 Å². The van der Waals surface area contributed by atoms with Gasteiger partial charge < -0.3 is 14.8 Å². The highest BCUT2D eigenvalue weighted by Crippen LogP contribution is 2.29. The highest BCUT2D eigenvalue weighted by atomic mass is 79.9. The van der Waals surface area contributed by atoms with Gasteiger partial charge in [-0.05, 0) is 21.5 Å². The van der Waals surface area contributed by atoms with Crippen LogP contribution in [0.3, 0.4) is 0 Å². The molecule has 0 fully saturated rings. The second kappa shape index (κ2) is 7.49. The lowest BCUT2D eigenvalue weighted by Crippen LogP contribution is -2.13. The average molecular weight is 352 g/mol. The molecule has 0 aliphatic carbocycles. The number of halogens is 1. The third-order valence-electron chi connectivity index (χ3n) is 3.03. The quantitative estimate of drug-likeness (QED) is 0.866. The van der Waals surface area contributed by atoms with Gasteiger partial charge in [-0.25, -0.2) is 9.97 Å². The normalized spacial score (nSPS) is 12.2. The second-order valence-corrected chi connectivity index (χ2v) is 5.19. The molecular weight excluding hydrogens is 334 g/mol. The number of nitrogens with one attached hydrogen (secondary N) is 1. The van der Waals surface area contributed by atoms with Crippen molar-refractivity contribution in [1.29, 1.82) is 0 Å². The Labute approximate surface area is 132 Å². The summed E-state index contributed by atoms with van der Waals surface area (Å²) in [7, 11) is 5.11. The van der Waals surface area contributed by atoms with Crippen LogP contribution in [0.1, 0.15) is 23.2 Å². The maximum atomic E-state index is 5.59. The third kappa shape index (κ3) is 3.58. The highest BCUT2D eigenvalue weighted by molar-refractivity contribution is 9.10. The number of rotatable bonds is 6. The van der Waals surface area contributed by atoms with Crippen LogP contribution in [0.25, 0.3) is 0 Å². The van der Waals surface area contributed by atoms with Crippen LogP contribution in [0.2, 0.25) is 0 Å². The van der Waals surface area contributed by atoms with E-state index >= 15 is 0 Å². The van der Waals surface area contributed by atoms with Crippen molar-refractivity contribution in [3.8, 4) is 0 Å². The Bertz CT molecular complexity index is 593. The summed E-state index contributed by atoms with van der Waals surface area (Å²) in [5.41, 5.74) is 1.79. The zero-order valence-corrected chi connectivity index (χ0v) is 13.8. The van der Waals surface area contributed by atoms with E-state index in [1.54, 1.807) is 14.2 Å². The predicted molar refractivity (Wildman–Crippen MR) is 85.3 cm³/mol. The molecule has 0 spiro atoms. The molecule has 0 aliphatic rings. The van der Waals surface area contributed by atoms with Crippen molar-refractivity contribution < 1.29 is 9.47 Å². The fourth-order valence-corrected chi connectivity index (χ4v) is 2.54.